The molecule has 4 heteroatoms. The lowest BCUT2D eigenvalue weighted by atomic mass is 10.3. The topological polar surface area (TPSA) is 52.0 Å². The van der Waals surface area contributed by atoms with Gasteiger partial charge in [-0.25, -0.2) is 4.98 Å². The van der Waals surface area contributed by atoms with E-state index in [0.717, 1.165) is 11.1 Å². The second-order valence-corrected chi connectivity index (χ2v) is 3.53. The Kier molecular flexibility index (Phi) is 2.24. The number of fused-ring (bicyclic) bond motifs is 1. The van der Waals surface area contributed by atoms with Gasteiger partial charge in [0.15, 0.2) is 5.58 Å². The van der Waals surface area contributed by atoms with Crippen molar-refractivity contribution in [1.29, 1.82) is 0 Å². The maximum Gasteiger partial charge on any atom is 0.209 e. The molecule has 0 radical (unpaired) electrons. The monoisotopic (exact) mass is 194 g/mol. The summed E-state index contributed by atoms with van der Waals surface area (Å²) >= 11 is 1.68. The molecule has 0 amide bonds. The van der Waals surface area contributed by atoms with Gasteiger partial charge < -0.3 is 10.2 Å². The molecular formula is C9H10N2OS. The minimum atomic E-state index is 0.350. The van der Waals surface area contributed by atoms with Crippen LogP contribution in [0.1, 0.15) is 5.89 Å². The highest BCUT2D eigenvalue weighted by molar-refractivity contribution is 7.98. The van der Waals surface area contributed by atoms with Gasteiger partial charge in [0.1, 0.15) is 5.52 Å². The van der Waals surface area contributed by atoms with Crippen LogP contribution in [0.2, 0.25) is 0 Å². The quantitative estimate of drug-likeness (QED) is 0.743. The van der Waals surface area contributed by atoms with Gasteiger partial charge in [-0.2, -0.15) is 0 Å². The van der Waals surface area contributed by atoms with Crippen LogP contribution in [0.3, 0.4) is 0 Å². The van der Waals surface area contributed by atoms with Crippen molar-refractivity contribution in [1.82, 2.24) is 4.98 Å². The lowest BCUT2D eigenvalue weighted by Crippen LogP contribution is -1.94. The third-order valence-electron chi connectivity index (χ3n) is 1.81. The van der Waals surface area contributed by atoms with Crippen LogP contribution in [0.15, 0.2) is 27.5 Å². The van der Waals surface area contributed by atoms with Crippen LogP contribution in [0.5, 0.6) is 0 Å². The molecular weight excluding hydrogens is 184 g/mol. The van der Waals surface area contributed by atoms with Gasteiger partial charge in [-0.15, -0.1) is 11.8 Å². The van der Waals surface area contributed by atoms with Gasteiger partial charge in [0, 0.05) is 4.90 Å². The number of thioether (sulfide) groups is 1. The van der Waals surface area contributed by atoms with E-state index in [2.05, 4.69) is 4.98 Å². The van der Waals surface area contributed by atoms with E-state index >= 15 is 0 Å². The molecule has 68 valence electrons. The summed E-state index contributed by atoms with van der Waals surface area (Å²) in [6, 6.07) is 5.95. The molecule has 2 N–H and O–H groups in total. The maximum atomic E-state index is 5.42. The molecule has 2 rings (SSSR count). The summed E-state index contributed by atoms with van der Waals surface area (Å²) in [6.07, 6.45) is 2.03. The lowest BCUT2D eigenvalue weighted by molar-refractivity contribution is 0.532. The average Bonchev–Trinajstić information content (AvgIpc) is 2.58. The summed E-state index contributed by atoms with van der Waals surface area (Å²) < 4.78 is 5.41. The molecule has 1 aromatic heterocycles. The summed E-state index contributed by atoms with van der Waals surface area (Å²) in [6.45, 7) is 0.350. The first-order valence-electron chi connectivity index (χ1n) is 3.97. The predicted octanol–water partition coefficient (Wildman–Crippen LogP) is 2.01. The van der Waals surface area contributed by atoms with E-state index in [-0.39, 0.29) is 0 Å². The number of rotatable bonds is 2. The Morgan fingerprint density at radius 1 is 1.54 bits per heavy atom. The molecule has 0 aliphatic heterocycles. The van der Waals surface area contributed by atoms with Crippen LogP contribution < -0.4 is 5.73 Å². The molecule has 0 unspecified atom stereocenters. The first kappa shape index (κ1) is 8.59. The molecule has 1 aromatic carbocycles. The largest absolute Gasteiger partial charge is 0.439 e. The minimum Gasteiger partial charge on any atom is -0.439 e. The Labute approximate surface area is 80.3 Å². The van der Waals surface area contributed by atoms with E-state index in [1.165, 1.54) is 4.90 Å². The first-order chi connectivity index (χ1) is 6.33. The van der Waals surface area contributed by atoms with E-state index in [9.17, 15) is 0 Å². The van der Waals surface area contributed by atoms with Gasteiger partial charge in [-0.05, 0) is 24.5 Å². The van der Waals surface area contributed by atoms with Gasteiger partial charge in [-0.3, -0.25) is 0 Å². The molecule has 0 saturated carbocycles. The second-order valence-electron chi connectivity index (χ2n) is 2.65. The lowest BCUT2D eigenvalue weighted by Gasteiger charge is -1.92. The van der Waals surface area contributed by atoms with Crippen LogP contribution in [-0.2, 0) is 6.54 Å². The zero-order valence-electron chi connectivity index (χ0n) is 7.28. The molecule has 0 bridgehead atoms. The molecule has 0 aliphatic carbocycles. The zero-order valence-corrected chi connectivity index (χ0v) is 8.10. The standard InChI is InChI=1S/C9H10N2OS/c1-13-6-2-3-7-8(4-6)12-9(5-10)11-7/h2-4H,5,10H2,1H3. The summed E-state index contributed by atoms with van der Waals surface area (Å²) in [5, 5.41) is 0. The molecule has 3 nitrogen and oxygen atoms in total. The highest BCUT2D eigenvalue weighted by Gasteiger charge is 2.03. The van der Waals surface area contributed by atoms with Crippen molar-refractivity contribution in [3.05, 3.63) is 24.1 Å². The van der Waals surface area contributed by atoms with E-state index in [1.807, 2.05) is 24.5 Å². The van der Waals surface area contributed by atoms with Crippen molar-refractivity contribution >= 4 is 22.9 Å². The zero-order chi connectivity index (χ0) is 9.26. The van der Waals surface area contributed by atoms with Crippen LogP contribution in [-0.4, -0.2) is 11.2 Å². The number of oxazole rings is 1. The maximum absolute atomic E-state index is 5.42. The second kappa shape index (κ2) is 3.40. The van der Waals surface area contributed by atoms with Crippen molar-refractivity contribution < 1.29 is 4.42 Å². The number of hydrogen-bond donors (Lipinski definition) is 1. The van der Waals surface area contributed by atoms with Crippen molar-refractivity contribution in [2.24, 2.45) is 5.73 Å². The number of hydrogen-bond acceptors (Lipinski definition) is 4. The molecule has 0 atom stereocenters. The highest BCUT2D eigenvalue weighted by atomic mass is 32.2. The van der Waals surface area contributed by atoms with Crippen LogP contribution >= 0.6 is 11.8 Å². The van der Waals surface area contributed by atoms with E-state index in [0.29, 0.717) is 12.4 Å². The molecule has 0 fully saturated rings. The molecule has 2 aromatic rings. The van der Waals surface area contributed by atoms with Crippen molar-refractivity contribution in [3.63, 3.8) is 0 Å². The molecule has 1 heterocycles. The van der Waals surface area contributed by atoms with Gasteiger partial charge in [0.05, 0.1) is 6.54 Å². The van der Waals surface area contributed by atoms with Crippen LogP contribution in [0, 0.1) is 0 Å². The summed E-state index contributed by atoms with van der Waals surface area (Å²) in [5.74, 6) is 0.591. The van der Waals surface area contributed by atoms with Crippen molar-refractivity contribution in [3.8, 4) is 0 Å². The molecule has 0 aliphatic rings. The Bertz CT molecular complexity index is 422. The fourth-order valence-corrected chi connectivity index (χ4v) is 1.60. The van der Waals surface area contributed by atoms with Gasteiger partial charge in [0.25, 0.3) is 0 Å². The van der Waals surface area contributed by atoms with Gasteiger partial charge in [0.2, 0.25) is 5.89 Å². The number of nitrogens with zero attached hydrogens (tertiary/aromatic N) is 1. The minimum absolute atomic E-state index is 0.350. The van der Waals surface area contributed by atoms with Gasteiger partial charge >= 0.3 is 0 Å². The third kappa shape index (κ3) is 1.55. The summed E-state index contributed by atoms with van der Waals surface area (Å²) in [4.78, 5) is 5.38. The summed E-state index contributed by atoms with van der Waals surface area (Å²) in [7, 11) is 0. The van der Waals surface area contributed by atoms with Crippen LogP contribution in [0.25, 0.3) is 11.1 Å². The summed E-state index contributed by atoms with van der Waals surface area (Å²) in [5.41, 5.74) is 7.11. The van der Waals surface area contributed by atoms with Crippen molar-refractivity contribution in [2.45, 2.75) is 11.4 Å². The fraction of sp³-hybridized carbons (Fsp3) is 0.222. The smallest absolute Gasteiger partial charge is 0.209 e. The number of benzene rings is 1. The Morgan fingerprint density at radius 2 is 2.38 bits per heavy atom. The van der Waals surface area contributed by atoms with Gasteiger partial charge in [-0.1, -0.05) is 0 Å². The van der Waals surface area contributed by atoms with Crippen molar-refractivity contribution in [2.75, 3.05) is 6.26 Å². The Balaban J connectivity index is 2.57. The predicted molar refractivity (Wildman–Crippen MR) is 53.7 cm³/mol. The highest BCUT2D eigenvalue weighted by Crippen LogP contribution is 2.22. The molecule has 0 saturated heterocycles. The van der Waals surface area contributed by atoms with E-state index in [1.54, 1.807) is 11.8 Å². The normalized spacial score (nSPS) is 10.9. The van der Waals surface area contributed by atoms with E-state index in [4.69, 9.17) is 10.2 Å². The number of nitrogens with two attached hydrogens (primary N) is 1. The molecule has 0 spiro atoms. The SMILES string of the molecule is CSc1ccc2nc(CN)oc2c1. The number of aromatic nitrogens is 1. The first-order valence-corrected chi connectivity index (χ1v) is 5.19. The average molecular weight is 194 g/mol. The fourth-order valence-electron chi connectivity index (χ4n) is 1.17. The molecule has 13 heavy (non-hydrogen) atoms. The Hall–Kier alpha value is -1.00. The van der Waals surface area contributed by atoms with E-state index < -0.39 is 0 Å². The Morgan fingerprint density at radius 3 is 3.08 bits per heavy atom. The van der Waals surface area contributed by atoms with Crippen LogP contribution in [0.4, 0.5) is 0 Å². The third-order valence-corrected chi connectivity index (χ3v) is 2.54.